The van der Waals surface area contributed by atoms with Crippen LogP contribution in [0.1, 0.15) is 34.6 Å². The third-order valence-electron chi connectivity index (χ3n) is 1.45. The van der Waals surface area contributed by atoms with Crippen LogP contribution >= 0.6 is 0 Å². The molecular formula is C10H19NO3. The van der Waals surface area contributed by atoms with E-state index < -0.39 is 11.7 Å². The number of carbonyl (C=O) groups is 2. The van der Waals surface area contributed by atoms with E-state index in [2.05, 4.69) is 5.32 Å². The van der Waals surface area contributed by atoms with Crippen LogP contribution in [0, 0.1) is 5.92 Å². The van der Waals surface area contributed by atoms with Crippen molar-refractivity contribution in [3.8, 4) is 0 Å². The maximum Gasteiger partial charge on any atom is 0.408 e. The number of carbonyl (C=O) groups excluding carboxylic acids is 2. The quantitative estimate of drug-likeness (QED) is 0.756. The Hall–Kier alpha value is -1.06. The highest BCUT2D eigenvalue weighted by Gasteiger charge is 2.17. The Bertz CT molecular complexity index is 216. The lowest BCUT2D eigenvalue weighted by atomic mass is 10.1. The van der Waals surface area contributed by atoms with Crippen LogP contribution in [0.2, 0.25) is 0 Å². The van der Waals surface area contributed by atoms with Gasteiger partial charge in [0.25, 0.3) is 0 Å². The molecule has 0 aromatic carbocycles. The fraction of sp³-hybridized carbons (Fsp3) is 0.800. The van der Waals surface area contributed by atoms with Gasteiger partial charge in [0.1, 0.15) is 5.60 Å². The molecule has 0 unspecified atom stereocenters. The number of nitrogens with one attached hydrogen (secondary N) is 1. The molecule has 14 heavy (non-hydrogen) atoms. The second-order valence-corrected chi connectivity index (χ2v) is 4.48. The van der Waals surface area contributed by atoms with Gasteiger partial charge in [0.2, 0.25) is 0 Å². The number of hydrogen-bond donors (Lipinski definition) is 1. The molecule has 4 heteroatoms. The molecule has 82 valence electrons. The zero-order valence-electron chi connectivity index (χ0n) is 9.51. The average molecular weight is 201 g/mol. The van der Waals surface area contributed by atoms with Crippen LogP contribution in [0.25, 0.3) is 0 Å². The summed E-state index contributed by atoms with van der Waals surface area (Å²) in [7, 11) is 0. The van der Waals surface area contributed by atoms with E-state index in [1.807, 2.05) is 0 Å². The van der Waals surface area contributed by atoms with Crippen LogP contribution < -0.4 is 5.32 Å². The molecule has 0 saturated carbocycles. The predicted molar refractivity (Wildman–Crippen MR) is 54.1 cm³/mol. The lowest BCUT2D eigenvalue weighted by Gasteiger charge is -2.19. The highest BCUT2D eigenvalue weighted by Crippen LogP contribution is 2.06. The zero-order chi connectivity index (χ0) is 11.4. The maximum atomic E-state index is 11.1. The van der Waals surface area contributed by atoms with Crippen LogP contribution in [0.4, 0.5) is 4.79 Å². The number of Topliss-reactive ketones (excluding diaryl/α,β-unsaturated/α-hetero) is 1. The molecule has 1 amide bonds. The Labute approximate surface area is 85.0 Å². The summed E-state index contributed by atoms with van der Waals surface area (Å²) in [5.74, 6) is -0.0687. The largest absolute Gasteiger partial charge is 0.444 e. The number of hydrogen-bond acceptors (Lipinski definition) is 3. The molecular weight excluding hydrogens is 182 g/mol. The van der Waals surface area contributed by atoms with Crippen molar-refractivity contribution < 1.29 is 14.3 Å². The van der Waals surface area contributed by atoms with E-state index in [4.69, 9.17) is 4.74 Å². The fourth-order valence-corrected chi connectivity index (χ4v) is 0.678. The first-order valence-electron chi connectivity index (χ1n) is 4.72. The second kappa shape index (κ2) is 4.98. The van der Waals surface area contributed by atoms with Gasteiger partial charge in [0.05, 0.1) is 6.54 Å². The molecule has 0 spiro atoms. The highest BCUT2D eigenvalue weighted by molar-refractivity contribution is 5.85. The van der Waals surface area contributed by atoms with Crippen LogP contribution in [0.15, 0.2) is 0 Å². The van der Waals surface area contributed by atoms with Crippen molar-refractivity contribution in [1.82, 2.24) is 5.32 Å². The highest BCUT2D eigenvalue weighted by atomic mass is 16.6. The molecule has 0 aliphatic rings. The lowest BCUT2D eigenvalue weighted by molar-refractivity contribution is -0.121. The van der Waals surface area contributed by atoms with Crippen molar-refractivity contribution in [3.63, 3.8) is 0 Å². The molecule has 0 aliphatic carbocycles. The van der Waals surface area contributed by atoms with Crippen molar-refractivity contribution in [3.05, 3.63) is 0 Å². The number of alkyl carbamates (subject to hydrolysis) is 1. The topological polar surface area (TPSA) is 55.4 Å². The molecule has 0 heterocycles. The minimum absolute atomic E-state index is 0.00383. The van der Waals surface area contributed by atoms with E-state index in [9.17, 15) is 9.59 Å². The SMILES string of the molecule is CC(C)C(=O)CNC(=O)OC(C)(C)C. The Balaban J connectivity index is 3.81. The van der Waals surface area contributed by atoms with E-state index in [-0.39, 0.29) is 18.2 Å². The summed E-state index contributed by atoms with van der Waals surface area (Å²) >= 11 is 0. The summed E-state index contributed by atoms with van der Waals surface area (Å²) < 4.78 is 4.97. The Kier molecular flexibility index (Phi) is 4.60. The van der Waals surface area contributed by atoms with Gasteiger partial charge in [-0.15, -0.1) is 0 Å². The molecule has 0 aromatic rings. The molecule has 1 N–H and O–H groups in total. The lowest BCUT2D eigenvalue weighted by Crippen LogP contribution is -2.36. The first-order chi connectivity index (χ1) is 6.22. The Morgan fingerprint density at radius 2 is 1.79 bits per heavy atom. The number of ketones is 1. The maximum absolute atomic E-state index is 11.1. The fourth-order valence-electron chi connectivity index (χ4n) is 0.678. The Morgan fingerprint density at radius 1 is 1.29 bits per heavy atom. The second-order valence-electron chi connectivity index (χ2n) is 4.48. The standard InChI is InChI=1S/C10H19NO3/c1-7(2)8(12)6-11-9(13)14-10(3,4)5/h7H,6H2,1-5H3,(H,11,13). The van der Waals surface area contributed by atoms with Gasteiger partial charge in [-0.3, -0.25) is 4.79 Å². The summed E-state index contributed by atoms with van der Waals surface area (Å²) in [4.78, 5) is 22.2. The van der Waals surface area contributed by atoms with Gasteiger partial charge in [0, 0.05) is 5.92 Å². The van der Waals surface area contributed by atoms with Crippen molar-refractivity contribution in [2.45, 2.75) is 40.2 Å². The number of ether oxygens (including phenoxy) is 1. The summed E-state index contributed by atoms with van der Waals surface area (Å²) in [5, 5.41) is 2.41. The predicted octanol–water partition coefficient (Wildman–Crippen LogP) is 1.74. The van der Waals surface area contributed by atoms with E-state index in [1.165, 1.54) is 0 Å². The van der Waals surface area contributed by atoms with Gasteiger partial charge in [-0.25, -0.2) is 4.79 Å². The van der Waals surface area contributed by atoms with Gasteiger partial charge in [-0.2, -0.15) is 0 Å². The van der Waals surface area contributed by atoms with E-state index in [0.29, 0.717) is 0 Å². The first-order valence-corrected chi connectivity index (χ1v) is 4.72. The molecule has 0 rings (SSSR count). The molecule has 0 bridgehead atoms. The molecule has 4 nitrogen and oxygen atoms in total. The van der Waals surface area contributed by atoms with Crippen LogP contribution in [-0.2, 0) is 9.53 Å². The zero-order valence-corrected chi connectivity index (χ0v) is 9.51. The molecule has 0 aliphatic heterocycles. The third kappa shape index (κ3) is 6.46. The normalized spacial score (nSPS) is 11.3. The number of amides is 1. The van der Waals surface area contributed by atoms with E-state index >= 15 is 0 Å². The van der Waals surface area contributed by atoms with Crippen LogP contribution in [0.3, 0.4) is 0 Å². The molecule has 0 aromatic heterocycles. The molecule has 0 saturated heterocycles. The summed E-state index contributed by atoms with van der Waals surface area (Å²) in [6.07, 6.45) is -0.550. The monoisotopic (exact) mass is 201 g/mol. The van der Waals surface area contributed by atoms with Gasteiger partial charge < -0.3 is 10.1 Å². The minimum atomic E-state index is -0.550. The molecule has 0 atom stereocenters. The Morgan fingerprint density at radius 3 is 2.14 bits per heavy atom. The third-order valence-corrected chi connectivity index (χ3v) is 1.45. The van der Waals surface area contributed by atoms with Crippen molar-refractivity contribution >= 4 is 11.9 Å². The van der Waals surface area contributed by atoms with Gasteiger partial charge in [-0.05, 0) is 20.8 Å². The molecule has 0 fully saturated rings. The first kappa shape index (κ1) is 12.9. The van der Waals surface area contributed by atoms with Gasteiger partial charge in [-0.1, -0.05) is 13.8 Å². The van der Waals surface area contributed by atoms with Crippen molar-refractivity contribution in [2.24, 2.45) is 5.92 Å². The summed E-state index contributed by atoms with van der Waals surface area (Å²) in [6, 6.07) is 0. The summed E-state index contributed by atoms with van der Waals surface area (Å²) in [6.45, 7) is 8.94. The minimum Gasteiger partial charge on any atom is -0.444 e. The molecule has 0 radical (unpaired) electrons. The van der Waals surface area contributed by atoms with Crippen molar-refractivity contribution in [2.75, 3.05) is 6.54 Å². The van der Waals surface area contributed by atoms with Crippen LogP contribution in [-0.4, -0.2) is 24.0 Å². The number of rotatable bonds is 3. The van der Waals surface area contributed by atoms with E-state index in [0.717, 1.165) is 0 Å². The van der Waals surface area contributed by atoms with Crippen molar-refractivity contribution in [1.29, 1.82) is 0 Å². The van der Waals surface area contributed by atoms with Gasteiger partial charge >= 0.3 is 6.09 Å². The van der Waals surface area contributed by atoms with E-state index in [1.54, 1.807) is 34.6 Å². The average Bonchev–Trinajstić information content (AvgIpc) is 1.96. The smallest absolute Gasteiger partial charge is 0.408 e. The summed E-state index contributed by atoms with van der Waals surface area (Å²) in [5.41, 5.74) is -0.523. The van der Waals surface area contributed by atoms with Crippen LogP contribution in [0.5, 0.6) is 0 Å². The van der Waals surface area contributed by atoms with Gasteiger partial charge in [0.15, 0.2) is 5.78 Å².